The number of sulfonamides is 1. The van der Waals surface area contributed by atoms with Crippen LogP contribution < -0.4 is 4.90 Å². The molecule has 0 atom stereocenters. The Morgan fingerprint density at radius 3 is 2.21 bits per heavy atom. The van der Waals surface area contributed by atoms with E-state index >= 15 is 0 Å². The summed E-state index contributed by atoms with van der Waals surface area (Å²) in [5.41, 5.74) is 5.94. The van der Waals surface area contributed by atoms with Crippen molar-refractivity contribution in [2.75, 3.05) is 25.0 Å². The standard InChI is InChI=1S/C27H34N2O3S/c1-9-14-29(33(31,32)26-20(4)18(2)15-19(3)21(26)5)17-22(30)16-25-27(6,7)23-12-10-11-13-24(23)28(25)8/h9-13,15-16H,1,14,17H2,2-8H3/b25-16-. The lowest BCUT2D eigenvalue weighted by Gasteiger charge is -2.26. The van der Waals surface area contributed by atoms with E-state index in [2.05, 4.69) is 26.5 Å². The van der Waals surface area contributed by atoms with Gasteiger partial charge in [-0.15, -0.1) is 6.58 Å². The molecule has 0 radical (unpaired) electrons. The number of hydrogen-bond donors (Lipinski definition) is 0. The van der Waals surface area contributed by atoms with E-state index in [1.54, 1.807) is 6.08 Å². The van der Waals surface area contributed by atoms with E-state index < -0.39 is 10.0 Å². The largest absolute Gasteiger partial charge is 0.347 e. The smallest absolute Gasteiger partial charge is 0.244 e. The van der Waals surface area contributed by atoms with E-state index in [1.165, 1.54) is 10.4 Å². The molecule has 0 aromatic heterocycles. The minimum atomic E-state index is -3.90. The van der Waals surface area contributed by atoms with Crippen LogP contribution in [0.4, 0.5) is 5.69 Å². The molecule has 2 aromatic carbocycles. The predicted octanol–water partition coefficient (Wildman–Crippen LogP) is 4.98. The molecule has 0 saturated carbocycles. The van der Waals surface area contributed by atoms with Crippen molar-refractivity contribution < 1.29 is 13.2 Å². The summed E-state index contributed by atoms with van der Waals surface area (Å²) in [4.78, 5) is 15.5. The predicted molar refractivity (Wildman–Crippen MR) is 135 cm³/mol. The van der Waals surface area contributed by atoms with Crippen LogP contribution >= 0.6 is 0 Å². The van der Waals surface area contributed by atoms with Crippen LogP contribution in [0.15, 0.2) is 59.7 Å². The monoisotopic (exact) mass is 466 g/mol. The quantitative estimate of drug-likeness (QED) is 0.427. The molecular formula is C27H34N2O3S. The average molecular weight is 467 g/mol. The first-order valence-electron chi connectivity index (χ1n) is 11.1. The first kappa shape index (κ1) is 24.9. The molecule has 1 aliphatic rings. The maximum atomic E-state index is 13.7. The molecule has 1 aliphatic heterocycles. The molecule has 0 saturated heterocycles. The lowest BCUT2D eigenvalue weighted by Crippen LogP contribution is -2.37. The zero-order chi connectivity index (χ0) is 24.7. The third-order valence-electron chi connectivity index (χ3n) is 6.80. The molecule has 0 bridgehead atoms. The number of fused-ring (bicyclic) bond motifs is 1. The molecule has 6 heteroatoms. The van der Waals surface area contributed by atoms with Gasteiger partial charge < -0.3 is 4.90 Å². The molecule has 3 rings (SSSR count). The molecule has 5 nitrogen and oxygen atoms in total. The number of rotatable bonds is 7. The maximum absolute atomic E-state index is 13.7. The van der Waals surface area contributed by atoms with Crippen LogP contribution in [-0.2, 0) is 20.2 Å². The van der Waals surface area contributed by atoms with Crippen molar-refractivity contribution in [2.45, 2.75) is 51.9 Å². The second-order valence-electron chi connectivity index (χ2n) is 9.37. The summed E-state index contributed by atoms with van der Waals surface area (Å²) in [6, 6.07) is 10.1. The summed E-state index contributed by atoms with van der Waals surface area (Å²) < 4.78 is 28.6. The van der Waals surface area contributed by atoms with Gasteiger partial charge in [-0.05, 0) is 61.6 Å². The number of ketones is 1. The van der Waals surface area contributed by atoms with E-state index in [-0.39, 0.29) is 29.2 Å². The number of benzene rings is 2. The van der Waals surface area contributed by atoms with Gasteiger partial charge in [0.1, 0.15) is 0 Å². The lowest BCUT2D eigenvalue weighted by molar-refractivity contribution is -0.114. The maximum Gasteiger partial charge on any atom is 0.244 e. The van der Waals surface area contributed by atoms with Gasteiger partial charge in [-0.1, -0.05) is 44.2 Å². The number of nitrogens with zero attached hydrogens (tertiary/aromatic N) is 2. The van der Waals surface area contributed by atoms with Crippen molar-refractivity contribution in [2.24, 2.45) is 0 Å². The van der Waals surface area contributed by atoms with Gasteiger partial charge in [0.15, 0.2) is 5.78 Å². The Morgan fingerprint density at radius 2 is 1.67 bits per heavy atom. The Bertz CT molecular complexity index is 1230. The highest BCUT2D eigenvalue weighted by Crippen LogP contribution is 2.46. The Balaban J connectivity index is 1.99. The molecule has 1 heterocycles. The summed E-state index contributed by atoms with van der Waals surface area (Å²) in [5, 5.41) is 0. The number of hydrogen-bond acceptors (Lipinski definition) is 4. The highest BCUT2D eigenvalue weighted by Gasteiger charge is 2.39. The molecule has 0 N–H and O–H groups in total. The van der Waals surface area contributed by atoms with Crippen LogP contribution in [0.25, 0.3) is 0 Å². The van der Waals surface area contributed by atoms with Gasteiger partial charge >= 0.3 is 0 Å². The van der Waals surface area contributed by atoms with Crippen molar-refractivity contribution in [3.8, 4) is 0 Å². The number of anilines is 1. The first-order valence-corrected chi connectivity index (χ1v) is 12.5. The number of likely N-dealkylation sites (N-methyl/N-ethyl adjacent to an activating group) is 1. The van der Waals surface area contributed by atoms with Crippen LogP contribution in [0, 0.1) is 27.7 Å². The van der Waals surface area contributed by atoms with E-state index in [0.29, 0.717) is 11.1 Å². The van der Waals surface area contributed by atoms with Crippen LogP contribution in [0.5, 0.6) is 0 Å². The van der Waals surface area contributed by atoms with Gasteiger partial charge in [0.05, 0.1) is 11.4 Å². The van der Waals surface area contributed by atoms with Crippen LogP contribution in [0.1, 0.15) is 41.7 Å². The fourth-order valence-corrected chi connectivity index (χ4v) is 6.67. The summed E-state index contributed by atoms with van der Waals surface area (Å²) in [6.45, 7) is 15.1. The van der Waals surface area contributed by atoms with E-state index in [0.717, 1.165) is 28.1 Å². The topological polar surface area (TPSA) is 57.7 Å². The molecule has 0 amide bonds. The molecule has 2 aromatic rings. The Labute approximate surface area is 198 Å². The Morgan fingerprint density at radius 1 is 1.09 bits per heavy atom. The highest BCUT2D eigenvalue weighted by molar-refractivity contribution is 7.89. The van der Waals surface area contributed by atoms with Crippen molar-refractivity contribution in [1.29, 1.82) is 0 Å². The molecule has 0 spiro atoms. The molecule has 0 unspecified atom stereocenters. The Hall–Kier alpha value is -2.70. The van der Waals surface area contributed by atoms with Gasteiger partial charge in [-0.25, -0.2) is 8.42 Å². The van der Waals surface area contributed by atoms with Gasteiger partial charge in [0.25, 0.3) is 0 Å². The average Bonchev–Trinajstić information content (AvgIpc) is 2.93. The van der Waals surface area contributed by atoms with Crippen molar-refractivity contribution in [1.82, 2.24) is 4.31 Å². The summed E-state index contributed by atoms with van der Waals surface area (Å²) >= 11 is 0. The van der Waals surface area contributed by atoms with Gasteiger partial charge in [-0.2, -0.15) is 4.31 Å². The third kappa shape index (κ3) is 4.30. The summed E-state index contributed by atoms with van der Waals surface area (Å²) in [6.07, 6.45) is 3.11. The minimum absolute atomic E-state index is 0.0581. The fraction of sp³-hybridized carbons (Fsp3) is 0.370. The summed E-state index contributed by atoms with van der Waals surface area (Å²) in [7, 11) is -1.96. The highest BCUT2D eigenvalue weighted by atomic mass is 32.2. The first-order chi connectivity index (χ1) is 15.3. The van der Waals surface area contributed by atoms with Gasteiger partial charge in [0.2, 0.25) is 10.0 Å². The van der Waals surface area contributed by atoms with Gasteiger partial charge in [0, 0.05) is 36.5 Å². The second-order valence-corrected chi connectivity index (χ2v) is 11.2. The number of aryl methyl sites for hydroxylation is 2. The van der Waals surface area contributed by atoms with Crippen molar-refractivity contribution in [3.05, 3.63) is 82.6 Å². The van der Waals surface area contributed by atoms with Gasteiger partial charge in [-0.3, -0.25) is 4.79 Å². The lowest BCUT2D eigenvalue weighted by atomic mass is 9.83. The third-order valence-corrected chi connectivity index (χ3v) is 8.88. The number of allylic oxidation sites excluding steroid dienone is 1. The molecule has 0 aliphatic carbocycles. The van der Waals surface area contributed by atoms with Crippen molar-refractivity contribution >= 4 is 21.5 Å². The minimum Gasteiger partial charge on any atom is -0.347 e. The molecule has 176 valence electrons. The zero-order valence-electron chi connectivity index (χ0n) is 20.7. The van der Waals surface area contributed by atoms with Crippen LogP contribution in [0.3, 0.4) is 0 Å². The van der Waals surface area contributed by atoms with E-state index in [1.807, 2.05) is 63.9 Å². The van der Waals surface area contributed by atoms with Crippen molar-refractivity contribution in [3.63, 3.8) is 0 Å². The number of carbonyl (C=O) groups is 1. The van der Waals surface area contributed by atoms with E-state index in [9.17, 15) is 13.2 Å². The van der Waals surface area contributed by atoms with Crippen LogP contribution in [0.2, 0.25) is 0 Å². The Kier molecular flexibility index (Phi) is 6.74. The normalized spacial score (nSPS) is 16.4. The molecule has 33 heavy (non-hydrogen) atoms. The molecule has 0 fully saturated rings. The zero-order valence-corrected chi connectivity index (χ0v) is 21.5. The number of carbonyl (C=O) groups excluding carboxylic acids is 1. The van der Waals surface area contributed by atoms with E-state index in [4.69, 9.17) is 0 Å². The SMILES string of the molecule is C=CCN(CC(=O)/C=C1\N(C)c2ccccc2C1(C)C)S(=O)(=O)c1c(C)c(C)cc(C)c1C. The fourth-order valence-electron chi connectivity index (χ4n) is 4.72. The summed E-state index contributed by atoms with van der Waals surface area (Å²) in [5.74, 6) is -0.261. The number of para-hydroxylation sites is 1. The second kappa shape index (κ2) is 8.92. The molecular weight excluding hydrogens is 432 g/mol. The van der Waals surface area contributed by atoms with Crippen LogP contribution in [-0.4, -0.2) is 38.6 Å².